The minimum atomic E-state index is -0.144. The van der Waals surface area contributed by atoms with E-state index in [-0.39, 0.29) is 5.82 Å². The molecular weight excluding hydrogens is 307 g/mol. The van der Waals surface area contributed by atoms with Crippen LogP contribution < -0.4 is 0 Å². The van der Waals surface area contributed by atoms with E-state index in [9.17, 15) is 4.39 Å². The van der Waals surface area contributed by atoms with Crippen molar-refractivity contribution in [2.45, 2.75) is 56.9 Å². The first-order valence-corrected chi connectivity index (χ1v) is 8.02. The van der Waals surface area contributed by atoms with Gasteiger partial charge in [0.25, 0.3) is 0 Å². The number of benzene rings is 1. The van der Waals surface area contributed by atoms with Gasteiger partial charge in [0.05, 0.1) is 6.10 Å². The fourth-order valence-corrected chi connectivity index (χ4v) is 3.91. The highest BCUT2D eigenvalue weighted by atomic mass is 79.9. The van der Waals surface area contributed by atoms with Crippen molar-refractivity contribution in [2.24, 2.45) is 0 Å². The van der Waals surface area contributed by atoms with Crippen molar-refractivity contribution >= 4 is 15.9 Å². The van der Waals surface area contributed by atoms with Gasteiger partial charge in [0.2, 0.25) is 0 Å². The van der Waals surface area contributed by atoms with Gasteiger partial charge in [0.15, 0.2) is 0 Å². The van der Waals surface area contributed by atoms with E-state index in [1.54, 1.807) is 12.1 Å². The zero-order chi connectivity index (χ0) is 13.8. The molecule has 0 spiro atoms. The van der Waals surface area contributed by atoms with Crippen molar-refractivity contribution in [2.75, 3.05) is 6.61 Å². The zero-order valence-corrected chi connectivity index (χ0v) is 13.3. The number of halogens is 2. The Hall–Kier alpha value is -0.410. The van der Waals surface area contributed by atoms with Crippen LogP contribution in [-0.2, 0) is 4.74 Å². The quantitative estimate of drug-likeness (QED) is 0.688. The summed E-state index contributed by atoms with van der Waals surface area (Å²) in [6.07, 6.45) is 6.19. The van der Waals surface area contributed by atoms with Crippen molar-refractivity contribution in [3.63, 3.8) is 0 Å². The predicted octanol–water partition coefficient (Wildman–Crippen LogP) is 5.23. The van der Waals surface area contributed by atoms with E-state index in [4.69, 9.17) is 4.74 Å². The fraction of sp³-hybridized carbons (Fsp3) is 0.625. The second-order valence-electron chi connectivity index (χ2n) is 5.49. The highest BCUT2D eigenvalue weighted by molar-refractivity contribution is 9.09. The van der Waals surface area contributed by atoms with Gasteiger partial charge in [-0.1, -0.05) is 15.9 Å². The molecule has 0 bridgehead atoms. The summed E-state index contributed by atoms with van der Waals surface area (Å²) < 4.78 is 19.1. The second kappa shape index (κ2) is 6.85. The molecule has 2 rings (SSSR count). The first kappa shape index (κ1) is 15.0. The molecule has 1 aliphatic rings. The molecule has 2 unspecified atom stereocenters. The van der Waals surface area contributed by atoms with Crippen LogP contribution in [0.5, 0.6) is 0 Å². The van der Waals surface area contributed by atoms with Gasteiger partial charge in [-0.3, -0.25) is 0 Å². The van der Waals surface area contributed by atoms with Crippen LogP contribution in [0.3, 0.4) is 0 Å². The molecule has 1 aliphatic heterocycles. The number of aryl methyl sites for hydroxylation is 2. The van der Waals surface area contributed by atoms with Gasteiger partial charge in [-0.05, 0) is 74.8 Å². The lowest BCUT2D eigenvalue weighted by molar-refractivity contribution is 0.0101. The average Bonchev–Trinajstić information content (AvgIpc) is 2.36. The van der Waals surface area contributed by atoms with Crippen LogP contribution >= 0.6 is 15.9 Å². The molecule has 1 aromatic carbocycles. The largest absolute Gasteiger partial charge is 0.378 e. The fourth-order valence-electron chi connectivity index (χ4n) is 2.93. The highest BCUT2D eigenvalue weighted by Crippen LogP contribution is 2.34. The standard InChI is InChI=1S/C16H22BrFO/c1-11-9-13(18)10-12(2)16(11)15(17)7-6-14-5-3-4-8-19-14/h9-10,14-15H,3-8H2,1-2H3. The molecule has 1 nitrogen and oxygen atoms in total. The number of rotatable bonds is 4. The van der Waals surface area contributed by atoms with Crippen LogP contribution in [0.2, 0.25) is 0 Å². The van der Waals surface area contributed by atoms with Crippen LogP contribution in [0.25, 0.3) is 0 Å². The molecule has 106 valence electrons. The summed E-state index contributed by atoms with van der Waals surface area (Å²) in [6.45, 7) is 4.87. The lowest BCUT2D eigenvalue weighted by atomic mass is 9.95. The molecule has 0 N–H and O–H groups in total. The van der Waals surface area contributed by atoms with E-state index < -0.39 is 0 Å². The molecule has 1 fully saturated rings. The molecule has 0 radical (unpaired) electrons. The summed E-state index contributed by atoms with van der Waals surface area (Å²) in [6, 6.07) is 3.24. The van der Waals surface area contributed by atoms with Crippen LogP contribution in [0.1, 0.15) is 53.6 Å². The minimum absolute atomic E-state index is 0.144. The van der Waals surface area contributed by atoms with Gasteiger partial charge in [-0.15, -0.1) is 0 Å². The van der Waals surface area contributed by atoms with Crippen molar-refractivity contribution in [3.8, 4) is 0 Å². The van der Waals surface area contributed by atoms with Gasteiger partial charge >= 0.3 is 0 Å². The van der Waals surface area contributed by atoms with E-state index in [0.717, 1.165) is 30.6 Å². The Kier molecular flexibility index (Phi) is 5.40. The summed E-state index contributed by atoms with van der Waals surface area (Å²) in [4.78, 5) is 0.290. The highest BCUT2D eigenvalue weighted by Gasteiger charge is 2.18. The van der Waals surface area contributed by atoms with Crippen molar-refractivity contribution in [3.05, 3.63) is 34.6 Å². The van der Waals surface area contributed by atoms with E-state index in [1.165, 1.54) is 24.8 Å². The Balaban J connectivity index is 1.97. The van der Waals surface area contributed by atoms with Crippen LogP contribution in [0, 0.1) is 19.7 Å². The minimum Gasteiger partial charge on any atom is -0.378 e. The Morgan fingerprint density at radius 3 is 2.58 bits per heavy atom. The third kappa shape index (κ3) is 4.03. The SMILES string of the molecule is Cc1cc(F)cc(C)c1C(Br)CCC1CCCCO1. The molecule has 0 amide bonds. The average molecular weight is 329 g/mol. The molecule has 19 heavy (non-hydrogen) atoms. The number of hydrogen-bond acceptors (Lipinski definition) is 1. The monoisotopic (exact) mass is 328 g/mol. The maximum Gasteiger partial charge on any atom is 0.123 e. The molecule has 3 heteroatoms. The van der Waals surface area contributed by atoms with Crippen LogP contribution in [0.15, 0.2) is 12.1 Å². The van der Waals surface area contributed by atoms with Gasteiger partial charge in [0, 0.05) is 11.4 Å². The number of alkyl halides is 1. The molecular formula is C16H22BrFO. The van der Waals surface area contributed by atoms with Crippen LogP contribution in [-0.4, -0.2) is 12.7 Å². The zero-order valence-electron chi connectivity index (χ0n) is 11.7. The molecule has 0 aliphatic carbocycles. The molecule has 1 saturated heterocycles. The third-order valence-electron chi connectivity index (χ3n) is 3.89. The Bertz CT molecular complexity index is 404. The summed E-state index contributed by atoms with van der Waals surface area (Å²) in [5, 5.41) is 0. The van der Waals surface area contributed by atoms with Gasteiger partial charge in [0.1, 0.15) is 5.82 Å². The number of hydrogen-bond donors (Lipinski definition) is 0. The molecule has 1 aromatic rings. The van der Waals surface area contributed by atoms with E-state index >= 15 is 0 Å². The summed E-state index contributed by atoms with van der Waals surface area (Å²) >= 11 is 3.76. The topological polar surface area (TPSA) is 9.23 Å². The van der Waals surface area contributed by atoms with E-state index in [0.29, 0.717) is 10.9 Å². The maximum atomic E-state index is 13.3. The Morgan fingerprint density at radius 2 is 2.00 bits per heavy atom. The molecule has 0 aromatic heterocycles. The third-order valence-corrected chi connectivity index (χ3v) is 4.80. The van der Waals surface area contributed by atoms with Crippen LogP contribution in [0.4, 0.5) is 4.39 Å². The second-order valence-corrected chi connectivity index (χ2v) is 6.59. The van der Waals surface area contributed by atoms with E-state index in [1.807, 2.05) is 13.8 Å². The maximum absolute atomic E-state index is 13.3. The molecule has 1 heterocycles. The van der Waals surface area contributed by atoms with Crippen molar-refractivity contribution < 1.29 is 9.13 Å². The van der Waals surface area contributed by atoms with Gasteiger partial charge < -0.3 is 4.74 Å². The first-order chi connectivity index (χ1) is 9.08. The van der Waals surface area contributed by atoms with E-state index in [2.05, 4.69) is 15.9 Å². The smallest absolute Gasteiger partial charge is 0.123 e. The lowest BCUT2D eigenvalue weighted by Crippen LogP contribution is -2.19. The van der Waals surface area contributed by atoms with Crippen molar-refractivity contribution in [1.82, 2.24) is 0 Å². The number of ether oxygens (including phenoxy) is 1. The lowest BCUT2D eigenvalue weighted by Gasteiger charge is -2.24. The normalized spacial score (nSPS) is 21.4. The van der Waals surface area contributed by atoms with Gasteiger partial charge in [-0.2, -0.15) is 0 Å². The molecule has 2 atom stereocenters. The molecule has 0 saturated carbocycles. The van der Waals surface area contributed by atoms with Gasteiger partial charge in [-0.25, -0.2) is 4.39 Å². The Morgan fingerprint density at radius 1 is 1.32 bits per heavy atom. The van der Waals surface area contributed by atoms with Crippen molar-refractivity contribution in [1.29, 1.82) is 0 Å². The predicted molar refractivity (Wildman–Crippen MR) is 80.4 cm³/mol. The summed E-state index contributed by atoms with van der Waals surface area (Å²) in [5.41, 5.74) is 3.30. The first-order valence-electron chi connectivity index (χ1n) is 7.10. The Labute approximate surface area is 123 Å². The summed E-state index contributed by atoms with van der Waals surface area (Å²) in [7, 11) is 0. The summed E-state index contributed by atoms with van der Waals surface area (Å²) in [5.74, 6) is -0.144.